The van der Waals surface area contributed by atoms with Crippen molar-refractivity contribution < 1.29 is 9.47 Å². The number of rotatable bonds is 4. The first kappa shape index (κ1) is 15.1. The molecule has 0 unspecified atom stereocenters. The zero-order chi connectivity index (χ0) is 14.8. The lowest BCUT2D eigenvalue weighted by molar-refractivity contribution is 0.0825. The van der Waals surface area contributed by atoms with Crippen molar-refractivity contribution in [2.24, 2.45) is 0 Å². The molecule has 0 bridgehead atoms. The molecule has 0 aromatic heterocycles. The molecule has 0 amide bonds. The number of nitrogens with zero attached hydrogens (tertiary/aromatic N) is 1. The van der Waals surface area contributed by atoms with Gasteiger partial charge in [-0.25, -0.2) is 0 Å². The number of hydrogen-bond donors (Lipinski definition) is 1. The van der Waals surface area contributed by atoms with Gasteiger partial charge in [-0.2, -0.15) is 0 Å². The van der Waals surface area contributed by atoms with Crippen molar-refractivity contribution in [2.45, 2.75) is 32.9 Å². The summed E-state index contributed by atoms with van der Waals surface area (Å²) in [6.45, 7) is 10.8. The van der Waals surface area contributed by atoms with Crippen LogP contribution in [0.25, 0.3) is 0 Å². The SMILES string of the molecule is COc1cc(C)c(CN2CCNCC2(C)C)cc1OC. The molecule has 0 aliphatic carbocycles. The van der Waals surface area contributed by atoms with Crippen LogP contribution in [-0.4, -0.2) is 44.3 Å². The number of ether oxygens (including phenoxy) is 2. The Balaban J connectivity index is 2.24. The van der Waals surface area contributed by atoms with Gasteiger partial charge in [-0.05, 0) is 44.0 Å². The van der Waals surface area contributed by atoms with Crippen molar-refractivity contribution in [1.82, 2.24) is 10.2 Å². The first-order valence-corrected chi connectivity index (χ1v) is 7.15. The summed E-state index contributed by atoms with van der Waals surface area (Å²) in [6, 6.07) is 4.16. The molecule has 1 aromatic carbocycles. The molecular formula is C16H26N2O2. The van der Waals surface area contributed by atoms with Crippen LogP contribution in [0.5, 0.6) is 11.5 Å². The van der Waals surface area contributed by atoms with Crippen molar-refractivity contribution in [2.75, 3.05) is 33.9 Å². The average molecular weight is 278 g/mol. The number of aryl methyl sites for hydroxylation is 1. The molecule has 1 aliphatic heterocycles. The third-order valence-electron chi connectivity index (χ3n) is 4.18. The van der Waals surface area contributed by atoms with Gasteiger partial charge in [0.25, 0.3) is 0 Å². The van der Waals surface area contributed by atoms with E-state index in [9.17, 15) is 0 Å². The van der Waals surface area contributed by atoms with Gasteiger partial charge in [0.15, 0.2) is 11.5 Å². The van der Waals surface area contributed by atoms with Gasteiger partial charge in [-0.15, -0.1) is 0 Å². The lowest BCUT2D eigenvalue weighted by Crippen LogP contribution is -2.57. The number of benzene rings is 1. The van der Waals surface area contributed by atoms with Gasteiger partial charge in [0.1, 0.15) is 0 Å². The van der Waals surface area contributed by atoms with E-state index in [0.29, 0.717) is 0 Å². The van der Waals surface area contributed by atoms with E-state index in [0.717, 1.165) is 37.7 Å². The summed E-state index contributed by atoms with van der Waals surface area (Å²) in [5.74, 6) is 1.61. The Bertz CT molecular complexity index is 472. The zero-order valence-electron chi connectivity index (χ0n) is 13.2. The Labute approximate surface area is 122 Å². The largest absolute Gasteiger partial charge is 0.493 e. The van der Waals surface area contributed by atoms with Crippen LogP contribution in [0.15, 0.2) is 12.1 Å². The van der Waals surface area contributed by atoms with Gasteiger partial charge in [0.2, 0.25) is 0 Å². The summed E-state index contributed by atoms with van der Waals surface area (Å²) in [5.41, 5.74) is 2.73. The molecule has 112 valence electrons. The van der Waals surface area contributed by atoms with Gasteiger partial charge in [-0.3, -0.25) is 4.90 Å². The summed E-state index contributed by atoms with van der Waals surface area (Å²) in [4.78, 5) is 2.53. The molecule has 1 aromatic rings. The zero-order valence-corrected chi connectivity index (χ0v) is 13.2. The Morgan fingerprint density at radius 1 is 1.20 bits per heavy atom. The fourth-order valence-electron chi connectivity index (χ4n) is 2.71. The Hall–Kier alpha value is -1.26. The smallest absolute Gasteiger partial charge is 0.161 e. The lowest BCUT2D eigenvalue weighted by Gasteiger charge is -2.43. The second kappa shape index (κ2) is 6.02. The van der Waals surface area contributed by atoms with Crippen LogP contribution in [0.1, 0.15) is 25.0 Å². The minimum Gasteiger partial charge on any atom is -0.493 e. The van der Waals surface area contributed by atoms with Crippen LogP contribution >= 0.6 is 0 Å². The van der Waals surface area contributed by atoms with Crippen molar-refractivity contribution in [3.8, 4) is 11.5 Å². The predicted molar refractivity (Wildman–Crippen MR) is 81.6 cm³/mol. The monoisotopic (exact) mass is 278 g/mol. The van der Waals surface area contributed by atoms with Crippen LogP contribution in [0.2, 0.25) is 0 Å². The van der Waals surface area contributed by atoms with Crippen molar-refractivity contribution in [3.05, 3.63) is 23.3 Å². The molecule has 1 heterocycles. The van der Waals surface area contributed by atoms with Gasteiger partial charge in [0.05, 0.1) is 14.2 Å². The quantitative estimate of drug-likeness (QED) is 0.915. The highest BCUT2D eigenvalue weighted by molar-refractivity contribution is 5.47. The van der Waals surface area contributed by atoms with Crippen molar-refractivity contribution in [1.29, 1.82) is 0 Å². The first-order chi connectivity index (χ1) is 9.47. The van der Waals surface area contributed by atoms with Gasteiger partial charge in [0, 0.05) is 31.7 Å². The summed E-state index contributed by atoms with van der Waals surface area (Å²) >= 11 is 0. The highest BCUT2D eigenvalue weighted by Gasteiger charge is 2.29. The van der Waals surface area contributed by atoms with E-state index in [1.165, 1.54) is 11.1 Å². The predicted octanol–water partition coefficient (Wildman–Crippen LogP) is 2.20. The van der Waals surface area contributed by atoms with E-state index in [4.69, 9.17) is 9.47 Å². The Morgan fingerprint density at radius 2 is 1.85 bits per heavy atom. The minimum atomic E-state index is 0.178. The standard InChI is InChI=1S/C16H26N2O2/c1-12-8-14(19-4)15(20-5)9-13(12)10-18-7-6-17-11-16(18,2)3/h8-9,17H,6-7,10-11H2,1-5H3. The molecule has 1 aliphatic rings. The Morgan fingerprint density at radius 3 is 2.45 bits per heavy atom. The fraction of sp³-hybridized carbons (Fsp3) is 0.625. The summed E-state index contributed by atoms with van der Waals surface area (Å²) in [7, 11) is 3.36. The normalized spacial score (nSPS) is 18.9. The molecule has 1 fully saturated rings. The first-order valence-electron chi connectivity index (χ1n) is 7.15. The van der Waals surface area contributed by atoms with E-state index in [2.05, 4.69) is 43.1 Å². The molecule has 0 spiro atoms. The molecule has 0 radical (unpaired) electrons. The topological polar surface area (TPSA) is 33.7 Å². The molecular weight excluding hydrogens is 252 g/mol. The third-order valence-corrected chi connectivity index (χ3v) is 4.18. The third kappa shape index (κ3) is 3.07. The minimum absolute atomic E-state index is 0.178. The highest BCUT2D eigenvalue weighted by atomic mass is 16.5. The van der Waals surface area contributed by atoms with Crippen LogP contribution in [-0.2, 0) is 6.54 Å². The lowest BCUT2D eigenvalue weighted by atomic mass is 9.98. The van der Waals surface area contributed by atoms with Crippen LogP contribution in [0.3, 0.4) is 0 Å². The van der Waals surface area contributed by atoms with Gasteiger partial charge >= 0.3 is 0 Å². The van der Waals surface area contributed by atoms with E-state index < -0.39 is 0 Å². The number of methoxy groups -OCH3 is 2. The number of hydrogen-bond acceptors (Lipinski definition) is 4. The highest BCUT2D eigenvalue weighted by Crippen LogP contribution is 2.31. The number of nitrogens with one attached hydrogen (secondary N) is 1. The van der Waals surface area contributed by atoms with Crippen molar-refractivity contribution >= 4 is 0 Å². The molecule has 4 nitrogen and oxygen atoms in total. The van der Waals surface area contributed by atoms with Gasteiger partial charge in [-0.1, -0.05) is 0 Å². The van der Waals surface area contributed by atoms with Gasteiger partial charge < -0.3 is 14.8 Å². The molecule has 0 saturated carbocycles. The maximum absolute atomic E-state index is 5.42. The van der Waals surface area contributed by atoms with Crippen LogP contribution in [0.4, 0.5) is 0 Å². The average Bonchev–Trinajstić information content (AvgIpc) is 2.42. The van der Waals surface area contributed by atoms with E-state index in [1.54, 1.807) is 14.2 Å². The van der Waals surface area contributed by atoms with E-state index in [1.807, 2.05) is 0 Å². The van der Waals surface area contributed by atoms with E-state index >= 15 is 0 Å². The van der Waals surface area contributed by atoms with Crippen molar-refractivity contribution in [3.63, 3.8) is 0 Å². The Kier molecular flexibility index (Phi) is 4.55. The summed E-state index contributed by atoms with van der Waals surface area (Å²) in [5, 5.41) is 3.46. The molecule has 1 N–H and O–H groups in total. The molecule has 1 saturated heterocycles. The maximum atomic E-state index is 5.42. The summed E-state index contributed by atoms with van der Waals surface area (Å²) < 4.78 is 10.8. The molecule has 20 heavy (non-hydrogen) atoms. The maximum Gasteiger partial charge on any atom is 0.161 e. The summed E-state index contributed by atoms with van der Waals surface area (Å²) in [6.07, 6.45) is 0. The molecule has 2 rings (SSSR count). The number of piperazine rings is 1. The van der Waals surface area contributed by atoms with Crippen LogP contribution < -0.4 is 14.8 Å². The second-order valence-electron chi connectivity index (χ2n) is 6.04. The molecule has 0 atom stereocenters. The molecule has 4 heteroatoms. The second-order valence-corrected chi connectivity index (χ2v) is 6.04. The van der Waals surface area contributed by atoms with E-state index in [-0.39, 0.29) is 5.54 Å². The van der Waals surface area contributed by atoms with Crippen LogP contribution in [0, 0.1) is 6.92 Å². The fourth-order valence-corrected chi connectivity index (χ4v) is 2.71.